The van der Waals surface area contributed by atoms with E-state index in [0.717, 1.165) is 0 Å². The molecule has 0 saturated carbocycles. The maximum atomic E-state index is 3.65. The van der Waals surface area contributed by atoms with Gasteiger partial charge in [-0.25, -0.2) is 0 Å². The molecule has 1 heteroatoms. The van der Waals surface area contributed by atoms with E-state index in [2.05, 4.69) is 77.9 Å². The van der Waals surface area contributed by atoms with Gasteiger partial charge in [-0.1, -0.05) is 66.8 Å². The van der Waals surface area contributed by atoms with Crippen LogP contribution in [-0.4, -0.2) is 4.98 Å². The van der Waals surface area contributed by atoms with Gasteiger partial charge in [-0.15, -0.1) is 0 Å². The number of fused-ring (bicyclic) bond motifs is 6. The molecule has 2 atom stereocenters. The number of hydrogen-bond acceptors (Lipinski definition) is 0. The van der Waals surface area contributed by atoms with Gasteiger partial charge in [0.1, 0.15) is 0 Å². The smallest absolute Gasteiger partial charge is 0.0506 e. The molecule has 0 unspecified atom stereocenters. The summed E-state index contributed by atoms with van der Waals surface area (Å²) in [4.78, 5) is 3.65. The Labute approximate surface area is 123 Å². The number of aromatic nitrogens is 1. The molecule has 0 saturated heterocycles. The van der Waals surface area contributed by atoms with Crippen molar-refractivity contribution >= 4 is 22.0 Å². The van der Waals surface area contributed by atoms with E-state index in [1.54, 1.807) is 0 Å². The molecule has 1 N–H and O–H groups in total. The zero-order valence-electron chi connectivity index (χ0n) is 11.6. The highest BCUT2D eigenvalue weighted by Crippen LogP contribution is 2.37. The van der Waals surface area contributed by atoms with E-state index in [4.69, 9.17) is 0 Å². The van der Waals surface area contributed by atoms with Crippen LogP contribution in [0.4, 0.5) is 0 Å². The Morgan fingerprint density at radius 1 is 0.762 bits per heavy atom. The van der Waals surface area contributed by atoms with Crippen molar-refractivity contribution in [1.29, 1.82) is 0 Å². The van der Waals surface area contributed by atoms with Crippen molar-refractivity contribution in [3.05, 3.63) is 83.4 Å². The Kier molecular flexibility index (Phi) is 2.12. The molecule has 3 aliphatic carbocycles. The molecular formula is C20H15N. The van der Waals surface area contributed by atoms with Crippen molar-refractivity contribution in [1.82, 2.24) is 4.98 Å². The van der Waals surface area contributed by atoms with Gasteiger partial charge >= 0.3 is 0 Å². The molecule has 1 heterocycles. The Hall–Kier alpha value is -2.54. The van der Waals surface area contributed by atoms with Crippen molar-refractivity contribution < 1.29 is 0 Å². The monoisotopic (exact) mass is 269 g/mol. The summed E-state index contributed by atoms with van der Waals surface area (Å²) >= 11 is 0. The third-order valence-corrected chi connectivity index (χ3v) is 4.80. The number of para-hydroxylation sites is 1. The molecule has 0 spiro atoms. The van der Waals surface area contributed by atoms with Crippen LogP contribution in [0, 0.1) is 11.8 Å². The maximum Gasteiger partial charge on any atom is 0.0506 e. The lowest BCUT2D eigenvalue weighted by molar-refractivity contribution is 0.693. The minimum atomic E-state index is 0.451. The zero-order valence-corrected chi connectivity index (χ0v) is 11.6. The van der Waals surface area contributed by atoms with Crippen molar-refractivity contribution in [2.24, 2.45) is 11.8 Å². The molecule has 0 aliphatic heterocycles. The first-order chi connectivity index (χ1) is 10.4. The van der Waals surface area contributed by atoms with Gasteiger partial charge in [0.25, 0.3) is 0 Å². The Bertz CT molecular complexity index is 992. The highest BCUT2D eigenvalue weighted by Gasteiger charge is 2.30. The van der Waals surface area contributed by atoms with Crippen LogP contribution in [0.3, 0.4) is 0 Å². The number of aromatic amines is 1. The Morgan fingerprint density at radius 3 is 2.33 bits per heavy atom. The van der Waals surface area contributed by atoms with Gasteiger partial charge < -0.3 is 4.98 Å². The van der Waals surface area contributed by atoms with Crippen molar-refractivity contribution in [3.63, 3.8) is 0 Å². The molecule has 21 heavy (non-hydrogen) atoms. The molecule has 2 aromatic rings. The van der Waals surface area contributed by atoms with E-state index < -0.39 is 0 Å². The second-order valence-electron chi connectivity index (χ2n) is 5.87. The van der Waals surface area contributed by atoms with Gasteiger partial charge in [-0.3, -0.25) is 0 Å². The van der Waals surface area contributed by atoms with Gasteiger partial charge in [0.2, 0.25) is 0 Å². The van der Waals surface area contributed by atoms with Gasteiger partial charge in [0.15, 0.2) is 0 Å². The van der Waals surface area contributed by atoms with Crippen molar-refractivity contribution in [2.75, 3.05) is 0 Å². The number of allylic oxidation sites excluding steroid dienone is 8. The van der Waals surface area contributed by atoms with E-state index in [9.17, 15) is 0 Å². The van der Waals surface area contributed by atoms with Gasteiger partial charge in [-0.2, -0.15) is 0 Å². The lowest BCUT2D eigenvalue weighted by Crippen LogP contribution is -2.38. The summed E-state index contributed by atoms with van der Waals surface area (Å²) in [6.07, 6.45) is 17.9. The number of H-pyrrole nitrogens is 1. The van der Waals surface area contributed by atoms with Crippen LogP contribution in [0.2, 0.25) is 0 Å². The lowest BCUT2D eigenvalue weighted by Gasteiger charge is -2.30. The lowest BCUT2D eigenvalue weighted by atomic mass is 9.73. The van der Waals surface area contributed by atoms with Gasteiger partial charge in [0.05, 0.1) is 5.35 Å². The van der Waals surface area contributed by atoms with E-state index >= 15 is 0 Å². The fourth-order valence-corrected chi connectivity index (χ4v) is 3.90. The number of benzene rings is 1. The summed E-state index contributed by atoms with van der Waals surface area (Å²) in [5.74, 6) is 0.907. The molecule has 0 radical (unpaired) electrons. The van der Waals surface area contributed by atoms with E-state index in [0.29, 0.717) is 11.8 Å². The summed E-state index contributed by atoms with van der Waals surface area (Å²) in [6, 6.07) is 8.62. The molecule has 0 bridgehead atoms. The molecule has 5 rings (SSSR count). The zero-order chi connectivity index (χ0) is 13.8. The van der Waals surface area contributed by atoms with E-state index in [1.807, 2.05) is 0 Å². The number of rotatable bonds is 0. The number of nitrogens with one attached hydrogen (secondary N) is 1. The minimum Gasteiger partial charge on any atom is -0.354 e. The topological polar surface area (TPSA) is 15.8 Å². The largest absolute Gasteiger partial charge is 0.354 e. The second kappa shape index (κ2) is 3.98. The van der Waals surface area contributed by atoms with Gasteiger partial charge in [0, 0.05) is 28.0 Å². The van der Waals surface area contributed by atoms with Crippen LogP contribution in [-0.2, 0) is 0 Å². The van der Waals surface area contributed by atoms with Crippen LogP contribution in [0.15, 0.2) is 72.9 Å². The Balaban J connectivity index is 2.06. The highest BCUT2D eigenvalue weighted by molar-refractivity contribution is 5.88. The summed E-state index contributed by atoms with van der Waals surface area (Å²) in [7, 11) is 0. The molecule has 1 aromatic carbocycles. The summed E-state index contributed by atoms with van der Waals surface area (Å²) in [6.45, 7) is 0. The second-order valence-corrected chi connectivity index (χ2v) is 5.87. The van der Waals surface area contributed by atoms with E-state index in [-0.39, 0.29) is 0 Å². The maximum absolute atomic E-state index is 3.65. The molecule has 1 nitrogen and oxygen atoms in total. The molecule has 3 aliphatic rings. The van der Waals surface area contributed by atoms with Crippen molar-refractivity contribution in [3.8, 4) is 0 Å². The first-order valence-corrected chi connectivity index (χ1v) is 7.48. The standard InChI is InChI=1S/C20H15N/c1-3-9-15-13(7-1)14-8-2-4-10-16(14)20-19(15)17-11-5-6-12-18(17)21-20/h1-14,21H/t13-,14-/m1/s1. The molecule has 100 valence electrons. The summed E-state index contributed by atoms with van der Waals surface area (Å²) < 4.78 is 0. The average Bonchev–Trinajstić information content (AvgIpc) is 2.95. The predicted molar refractivity (Wildman–Crippen MR) is 87.9 cm³/mol. The molecule has 0 amide bonds. The molecular weight excluding hydrogens is 254 g/mol. The predicted octanol–water partition coefficient (Wildman–Crippen LogP) is 2.97. The normalized spacial score (nSPS) is 25.1. The van der Waals surface area contributed by atoms with Gasteiger partial charge in [-0.05, 0) is 17.2 Å². The van der Waals surface area contributed by atoms with Crippen LogP contribution in [0.5, 0.6) is 0 Å². The van der Waals surface area contributed by atoms with Crippen LogP contribution in [0.25, 0.3) is 22.0 Å². The summed E-state index contributed by atoms with van der Waals surface area (Å²) in [5.41, 5.74) is 4.09. The Morgan fingerprint density at radius 2 is 1.48 bits per heavy atom. The van der Waals surface area contributed by atoms with Crippen LogP contribution >= 0.6 is 0 Å². The number of hydrogen-bond donors (Lipinski definition) is 1. The fraction of sp³-hybridized carbons (Fsp3) is 0.100. The third-order valence-electron chi connectivity index (χ3n) is 4.80. The van der Waals surface area contributed by atoms with Crippen LogP contribution in [0.1, 0.15) is 0 Å². The molecule has 0 fully saturated rings. The quantitative estimate of drug-likeness (QED) is 0.757. The summed E-state index contributed by atoms with van der Waals surface area (Å²) in [5, 5.41) is 4.02. The minimum absolute atomic E-state index is 0.451. The highest BCUT2D eigenvalue weighted by atomic mass is 14.7. The average molecular weight is 269 g/mol. The van der Waals surface area contributed by atoms with E-state index in [1.165, 1.54) is 32.6 Å². The SMILES string of the molecule is C1=CC2=c3[nH]c4ccccc4c3=C3C=CC=C[C@@H]3[C@H]2C=C1. The third kappa shape index (κ3) is 1.41. The first kappa shape index (κ1) is 11.2. The fourth-order valence-electron chi connectivity index (χ4n) is 3.90. The first-order valence-electron chi connectivity index (χ1n) is 7.48. The van der Waals surface area contributed by atoms with Crippen molar-refractivity contribution in [2.45, 2.75) is 0 Å². The van der Waals surface area contributed by atoms with Crippen LogP contribution < -0.4 is 10.6 Å². The molecule has 1 aromatic heterocycles.